The van der Waals surface area contributed by atoms with Gasteiger partial charge in [-0.3, -0.25) is 10.1 Å². The minimum absolute atomic E-state index is 0.0882. The summed E-state index contributed by atoms with van der Waals surface area (Å²) in [6.45, 7) is 3.90. The van der Waals surface area contributed by atoms with Gasteiger partial charge in [-0.05, 0) is 62.5 Å². The van der Waals surface area contributed by atoms with Gasteiger partial charge in [-0.25, -0.2) is 4.98 Å². The average Bonchev–Trinajstić information content (AvgIpc) is 2.96. The van der Waals surface area contributed by atoms with E-state index in [9.17, 15) is 4.79 Å². The molecule has 7 heteroatoms. The van der Waals surface area contributed by atoms with Crippen LogP contribution in [-0.2, 0) is 0 Å². The number of thiocarbonyl (C=S) groups is 1. The van der Waals surface area contributed by atoms with E-state index in [-0.39, 0.29) is 17.1 Å². The summed E-state index contributed by atoms with van der Waals surface area (Å²) in [6, 6.07) is 14.7. The number of carbonyl (C=O) groups excluding carboxylic acids is 1. The number of hydrogen-bond acceptors (Lipinski definition) is 5. The van der Waals surface area contributed by atoms with Crippen LogP contribution in [0.3, 0.4) is 0 Å². The fourth-order valence-corrected chi connectivity index (χ4v) is 3.31. The number of fused-ring (bicyclic) bond motifs is 1. The molecule has 0 atom stereocenters. The summed E-state index contributed by atoms with van der Waals surface area (Å²) >= 11 is 6.68. The maximum Gasteiger partial charge on any atom is 0.257 e. The van der Waals surface area contributed by atoms with Crippen molar-refractivity contribution < 1.29 is 9.53 Å². The maximum atomic E-state index is 12.3. The number of ether oxygens (including phenoxy) is 1. The van der Waals surface area contributed by atoms with Gasteiger partial charge >= 0.3 is 0 Å². The lowest BCUT2D eigenvalue weighted by molar-refractivity contribution is 0.0977. The molecular formula is C18H17N3O2S2. The second-order valence-corrected chi connectivity index (χ2v) is 7.02. The largest absolute Gasteiger partial charge is 0.491 e. The lowest BCUT2D eigenvalue weighted by Gasteiger charge is -2.10. The quantitative estimate of drug-likeness (QED) is 0.673. The van der Waals surface area contributed by atoms with Gasteiger partial charge in [-0.1, -0.05) is 23.5 Å². The summed E-state index contributed by atoms with van der Waals surface area (Å²) in [4.78, 5) is 16.7. The van der Waals surface area contributed by atoms with E-state index in [4.69, 9.17) is 17.0 Å². The van der Waals surface area contributed by atoms with E-state index >= 15 is 0 Å². The van der Waals surface area contributed by atoms with Crippen LogP contribution in [0.2, 0.25) is 0 Å². The van der Waals surface area contributed by atoms with Crippen LogP contribution in [0.4, 0.5) is 5.13 Å². The normalized spacial score (nSPS) is 10.7. The molecule has 1 heterocycles. The number of hydrogen-bond donors (Lipinski definition) is 2. The Labute approximate surface area is 155 Å². The average molecular weight is 371 g/mol. The number of anilines is 1. The number of rotatable bonds is 4. The van der Waals surface area contributed by atoms with Crippen molar-refractivity contribution in [3.05, 3.63) is 54.1 Å². The number of thiazole rings is 1. The molecule has 3 rings (SSSR count). The Bertz CT molecular complexity index is 871. The number of benzene rings is 2. The van der Waals surface area contributed by atoms with E-state index < -0.39 is 0 Å². The number of aromatic nitrogens is 1. The van der Waals surface area contributed by atoms with E-state index in [0.29, 0.717) is 10.7 Å². The predicted molar refractivity (Wildman–Crippen MR) is 106 cm³/mol. The fraction of sp³-hybridized carbons (Fsp3) is 0.167. The number of nitrogens with one attached hydrogen (secondary N) is 2. The van der Waals surface area contributed by atoms with E-state index in [2.05, 4.69) is 15.6 Å². The van der Waals surface area contributed by atoms with Crippen molar-refractivity contribution in [3.63, 3.8) is 0 Å². The van der Waals surface area contributed by atoms with Crippen LogP contribution >= 0.6 is 23.6 Å². The van der Waals surface area contributed by atoms with Gasteiger partial charge in [0, 0.05) is 5.56 Å². The predicted octanol–water partition coefficient (Wildman–Crippen LogP) is 4.21. The molecule has 2 aromatic carbocycles. The van der Waals surface area contributed by atoms with Crippen LogP contribution in [0.25, 0.3) is 10.2 Å². The molecule has 128 valence electrons. The van der Waals surface area contributed by atoms with Gasteiger partial charge in [0.1, 0.15) is 5.75 Å². The smallest absolute Gasteiger partial charge is 0.257 e. The van der Waals surface area contributed by atoms with E-state index in [0.717, 1.165) is 16.0 Å². The summed E-state index contributed by atoms with van der Waals surface area (Å²) in [7, 11) is 0. The van der Waals surface area contributed by atoms with Gasteiger partial charge in [0.25, 0.3) is 5.91 Å². The van der Waals surface area contributed by atoms with Crippen molar-refractivity contribution in [1.82, 2.24) is 10.3 Å². The molecule has 25 heavy (non-hydrogen) atoms. The van der Waals surface area contributed by atoms with Crippen molar-refractivity contribution in [3.8, 4) is 5.75 Å². The van der Waals surface area contributed by atoms with Crippen molar-refractivity contribution in [2.75, 3.05) is 5.32 Å². The van der Waals surface area contributed by atoms with E-state index in [1.54, 1.807) is 24.3 Å². The molecule has 0 saturated carbocycles. The third-order valence-electron chi connectivity index (χ3n) is 3.23. The van der Waals surface area contributed by atoms with Crippen LogP contribution in [-0.4, -0.2) is 22.1 Å². The number of para-hydroxylation sites is 1. The zero-order valence-corrected chi connectivity index (χ0v) is 15.4. The van der Waals surface area contributed by atoms with Crippen LogP contribution < -0.4 is 15.4 Å². The summed E-state index contributed by atoms with van der Waals surface area (Å²) in [5.41, 5.74) is 1.40. The first-order valence-electron chi connectivity index (χ1n) is 7.76. The lowest BCUT2D eigenvalue weighted by atomic mass is 10.2. The molecule has 0 saturated heterocycles. The molecule has 2 N–H and O–H groups in total. The second kappa shape index (κ2) is 7.58. The Morgan fingerprint density at radius 3 is 2.56 bits per heavy atom. The molecule has 0 bridgehead atoms. The number of carbonyl (C=O) groups is 1. The number of nitrogens with zero attached hydrogens (tertiary/aromatic N) is 1. The first kappa shape index (κ1) is 17.3. The standard InChI is InChI=1S/C18H17N3O2S2/c1-11(2)23-13-9-7-12(8-10-13)16(22)20-17(24)21-18-19-14-5-3-4-6-15(14)25-18/h3-11H,1-2H3,(H2,19,20,21,22,24). The van der Waals surface area contributed by atoms with Crippen molar-refractivity contribution >= 4 is 49.9 Å². The third-order valence-corrected chi connectivity index (χ3v) is 4.39. The molecule has 3 aromatic rings. The molecule has 1 aromatic heterocycles. The van der Waals surface area contributed by atoms with E-state index in [1.165, 1.54) is 11.3 Å². The van der Waals surface area contributed by atoms with Gasteiger partial charge in [-0.2, -0.15) is 0 Å². The maximum absolute atomic E-state index is 12.3. The Balaban J connectivity index is 1.61. The van der Waals surface area contributed by atoms with Crippen molar-refractivity contribution in [2.45, 2.75) is 20.0 Å². The molecule has 0 aliphatic heterocycles. The highest BCUT2D eigenvalue weighted by Gasteiger charge is 2.10. The first-order chi connectivity index (χ1) is 12.0. The topological polar surface area (TPSA) is 63.2 Å². The van der Waals surface area contributed by atoms with Crippen LogP contribution in [0.5, 0.6) is 5.75 Å². The fourth-order valence-electron chi connectivity index (χ4n) is 2.19. The van der Waals surface area contributed by atoms with Crippen LogP contribution in [0.15, 0.2) is 48.5 Å². The van der Waals surface area contributed by atoms with Gasteiger partial charge in [0.15, 0.2) is 10.2 Å². The molecular weight excluding hydrogens is 354 g/mol. The lowest BCUT2D eigenvalue weighted by Crippen LogP contribution is -2.34. The van der Waals surface area contributed by atoms with E-state index in [1.807, 2.05) is 38.1 Å². The van der Waals surface area contributed by atoms with Gasteiger partial charge in [0.05, 0.1) is 16.3 Å². The summed E-state index contributed by atoms with van der Waals surface area (Å²) in [5.74, 6) is 0.441. The van der Waals surface area contributed by atoms with Crippen molar-refractivity contribution in [2.24, 2.45) is 0 Å². The van der Waals surface area contributed by atoms with Gasteiger partial charge in [-0.15, -0.1) is 0 Å². The van der Waals surface area contributed by atoms with Crippen molar-refractivity contribution in [1.29, 1.82) is 0 Å². The molecule has 0 aliphatic carbocycles. The molecule has 5 nitrogen and oxygen atoms in total. The monoisotopic (exact) mass is 371 g/mol. The second-order valence-electron chi connectivity index (χ2n) is 5.59. The Hall–Kier alpha value is -2.51. The summed E-state index contributed by atoms with van der Waals surface area (Å²) in [5, 5.41) is 6.47. The summed E-state index contributed by atoms with van der Waals surface area (Å²) in [6.07, 6.45) is 0.0882. The van der Waals surface area contributed by atoms with Gasteiger partial charge < -0.3 is 10.1 Å². The molecule has 1 amide bonds. The van der Waals surface area contributed by atoms with Crippen LogP contribution in [0, 0.1) is 0 Å². The molecule has 0 radical (unpaired) electrons. The minimum atomic E-state index is -0.283. The first-order valence-corrected chi connectivity index (χ1v) is 8.98. The zero-order valence-electron chi connectivity index (χ0n) is 13.8. The SMILES string of the molecule is CC(C)Oc1ccc(C(=O)NC(=S)Nc2nc3ccccc3s2)cc1. The highest BCUT2D eigenvalue weighted by atomic mass is 32.1. The number of amides is 1. The molecule has 0 spiro atoms. The Kier molecular flexibility index (Phi) is 5.25. The molecule has 0 aliphatic rings. The zero-order chi connectivity index (χ0) is 17.8. The van der Waals surface area contributed by atoms with Gasteiger partial charge in [0.2, 0.25) is 0 Å². The molecule has 0 fully saturated rings. The molecule has 0 unspecified atom stereocenters. The Morgan fingerprint density at radius 1 is 1.16 bits per heavy atom. The Morgan fingerprint density at radius 2 is 1.88 bits per heavy atom. The summed E-state index contributed by atoms with van der Waals surface area (Å²) < 4.78 is 6.62. The van der Waals surface area contributed by atoms with Crippen LogP contribution in [0.1, 0.15) is 24.2 Å². The minimum Gasteiger partial charge on any atom is -0.491 e. The highest BCUT2D eigenvalue weighted by molar-refractivity contribution is 7.80. The highest BCUT2D eigenvalue weighted by Crippen LogP contribution is 2.25. The third kappa shape index (κ3) is 4.52.